The fourth-order valence-electron chi connectivity index (χ4n) is 0.202. The van der Waals surface area contributed by atoms with Crippen LogP contribution in [0.2, 0.25) is 0 Å². The quantitative estimate of drug-likeness (QED) is 0.366. The standard InChI is InChI=1S/C4H6O3.C2H6/c1-3(5)7-4(2)6;1-2/h1-2H3;1-2H3. The van der Waals surface area contributed by atoms with Crippen molar-refractivity contribution >= 4 is 11.9 Å². The second-order valence-electron chi connectivity index (χ2n) is 1.09. The van der Waals surface area contributed by atoms with Gasteiger partial charge in [-0.2, -0.15) is 0 Å². The van der Waals surface area contributed by atoms with E-state index in [1.165, 1.54) is 13.8 Å². The normalized spacial score (nSPS) is 6.67. The van der Waals surface area contributed by atoms with E-state index < -0.39 is 11.9 Å². The number of ether oxygens (including phenoxy) is 1. The summed E-state index contributed by atoms with van der Waals surface area (Å²) < 4.78 is 3.97. The molecule has 0 saturated heterocycles. The summed E-state index contributed by atoms with van der Waals surface area (Å²) in [5.41, 5.74) is 0. The molecule has 0 bridgehead atoms. The monoisotopic (exact) mass is 132 g/mol. The Morgan fingerprint density at radius 3 is 1.22 bits per heavy atom. The maximum Gasteiger partial charge on any atom is 0.310 e. The minimum absolute atomic E-state index is 0.562. The fourth-order valence-corrected chi connectivity index (χ4v) is 0.202. The third-order valence-corrected chi connectivity index (χ3v) is 0.287. The van der Waals surface area contributed by atoms with Crippen LogP contribution in [0.3, 0.4) is 0 Å². The summed E-state index contributed by atoms with van der Waals surface area (Å²) in [6.45, 7) is 6.36. The Kier molecular flexibility index (Phi) is 8.73. The smallest absolute Gasteiger partial charge is 0.310 e. The van der Waals surface area contributed by atoms with Crippen LogP contribution < -0.4 is 0 Å². The van der Waals surface area contributed by atoms with Crippen LogP contribution in [0.1, 0.15) is 27.7 Å². The van der Waals surface area contributed by atoms with Gasteiger partial charge in [0, 0.05) is 13.8 Å². The molecule has 3 heteroatoms. The largest absolute Gasteiger partial charge is 0.394 e. The molecule has 0 unspecified atom stereocenters. The van der Waals surface area contributed by atoms with Crippen molar-refractivity contribution in [3.8, 4) is 0 Å². The molecule has 0 aromatic heterocycles. The van der Waals surface area contributed by atoms with E-state index >= 15 is 0 Å². The molecule has 0 atom stereocenters. The molecule has 0 saturated carbocycles. The lowest BCUT2D eigenvalue weighted by molar-refractivity contribution is -0.156. The van der Waals surface area contributed by atoms with Gasteiger partial charge in [-0.05, 0) is 0 Å². The molecule has 0 aliphatic carbocycles. The molecule has 0 fully saturated rings. The van der Waals surface area contributed by atoms with Gasteiger partial charge in [0.05, 0.1) is 0 Å². The minimum atomic E-state index is -0.562. The van der Waals surface area contributed by atoms with Crippen LogP contribution in [0.5, 0.6) is 0 Å². The van der Waals surface area contributed by atoms with E-state index in [0.29, 0.717) is 0 Å². The molecular formula is C6H12O3. The van der Waals surface area contributed by atoms with Crippen LogP contribution in [-0.2, 0) is 14.3 Å². The Labute approximate surface area is 55.0 Å². The molecule has 0 spiro atoms. The van der Waals surface area contributed by atoms with E-state index in [0.717, 1.165) is 0 Å². The Hall–Kier alpha value is -0.860. The zero-order valence-electron chi connectivity index (χ0n) is 6.22. The van der Waals surface area contributed by atoms with E-state index in [4.69, 9.17) is 0 Å². The highest BCUT2D eigenvalue weighted by molar-refractivity contribution is 5.82. The van der Waals surface area contributed by atoms with E-state index in [-0.39, 0.29) is 0 Å². The number of esters is 2. The highest BCUT2D eigenvalue weighted by Gasteiger charge is 1.93. The molecule has 9 heavy (non-hydrogen) atoms. The maximum absolute atomic E-state index is 9.81. The zero-order chi connectivity index (χ0) is 7.86. The number of hydrogen-bond acceptors (Lipinski definition) is 3. The van der Waals surface area contributed by atoms with Crippen molar-refractivity contribution in [2.75, 3.05) is 0 Å². The summed E-state index contributed by atoms with van der Waals surface area (Å²) in [5, 5.41) is 0. The Bertz CT molecular complexity index is 84.5. The van der Waals surface area contributed by atoms with Crippen molar-refractivity contribution in [1.82, 2.24) is 0 Å². The van der Waals surface area contributed by atoms with Crippen molar-refractivity contribution in [1.29, 1.82) is 0 Å². The molecule has 0 aromatic rings. The van der Waals surface area contributed by atoms with Gasteiger partial charge < -0.3 is 4.74 Å². The molecule has 0 rings (SSSR count). The summed E-state index contributed by atoms with van der Waals surface area (Å²) in [4.78, 5) is 19.6. The summed E-state index contributed by atoms with van der Waals surface area (Å²) in [5.74, 6) is -1.12. The first kappa shape index (κ1) is 11.0. The van der Waals surface area contributed by atoms with Gasteiger partial charge in [0.2, 0.25) is 0 Å². The van der Waals surface area contributed by atoms with Crippen LogP contribution >= 0.6 is 0 Å². The second-order valence-corrected chi connectivity index (χ2v) is 1.09. The van der Waals surface area contributed by atoms with Gasteiger partial charge in [-0.25, -0.2) is 0 Å². The van der Waals surface area contributed by atoms with Crippen LogP contribution in [0.15, 0.2) is 0 Å². The third-order valence-electron chi connectivity index (χ3n) is 0.287. The Balaban J connectivity index is 0. The number of hydrogen-bond donors (Lipinski definition) is 0. The third kappa shape index (κ3) is 19.1. The van der Waals surface area contributed by atoms with E-state index in [9.17, 15) is 9.59 Å². The summed E-state index contributed by atoms with van der Waals surface area (Å²) in [6, 6.07) is 0. The summed E-state index contributed by atoms with van der Waals surface area (Å²) >= 11 is 0. The minimum Gasteiger partial charge on any atom is -0.394 e. The molecule has 0 aliphatic heterocycles. The predicted octanol–water partition coefficient (Wildman–Crippen LogP) is 1.12. The molecule has 0 aromatic carbocycles. The molecule has 0 radical (unpaired) electrons. The van der Waals surface area contributed by atoms with Gasteiger partial charge >= 0.3 is 11.9 Å². The second kappa shape index (κ2) is 7.14. The lowest BCUT2D eigenvalue weighted by Crippen LogP contribution is -2.03. The molecule has 0 amide bonds. The maximum atomic E-state index is 9.81. The van der Waals surface area contributed by atoms with Crippen molar-refractivity contribution in [2.45, 2.75) is 27.7 Å². The zero-order valence-corrected chi connectivity index (χ0v) is 6.22. The number of rotatable bonds is 0. The average molecular weight is 132 g/mol. The van der Waals surface area contributed by atoms with Crippen molar-refractivity contribution < 1.29 is 14.3 Å². The first-order valence-electron chi connectivity index (χ1n) is 2.82. The summed E-state index contributed by atoms with van der Waals surface area (Å²) in [7, 11) is 0. The van der Waals surface area contributed by atoms with Crippen molar-refractivity contribution in [2.24, 2.45) is 0 Å². The highest BCUT2D eigenvalue weighted by atomic mass is 16.6. The lowest BCUT2D eigenvalue weighted by atomic mass is 10.7. The SMILES string of the molecule is CC.CC(=O)OC(C)=O. The Morgan fingerprint density at radius 2 is 1.22 bits per heavy atom. The van der Waals surface area contributed by atoms with Crippen LogP contribution in [-0.4, -0.2) is 11.9 Å². The van der Waals surface area contributed by atoms with Gasteiger partial charge in [0.15, 0.2) is 0 Å². The van der Waals surface area contributed by atoms with Crippen molar-refractivity contribution in [3.05, 3.63) is 0 Å². The molecule has 0 heterocycles. The summed E-state index contributed by atoms with van der Waals surface area (Å²) in [6.07, 6.45) is 0. The van der Waals surface area contributed by atoms with E-state index in [2.05, 4.69) is 4.74 Å². The lowest BCUT2D eigenvalue weighted by Gasteiger charge is -1.87. The highest BCUT2D eigenvalue weighted by Crippen LogP contribution is 1.73. The molecule has 3 nitrogen and oxygen atoms in total. The number of carbonyl (C=O) groups excluding carboxylic acids is 2. The van der Waals surface area contributed by atoms with Gasteiger partial charge in [0.25, 0.3) is 0 Å². The predicted molar refractivity (Wildman–Crippen MR) is 33.8 cm³/mol. The van der Waals surface area contributed by atoms with Crippen LogP contribution in [0, 0.1) is 0 Å². The van der Waals surface area contributed by atoms with Crippen LogP contribution in [0.4, 0.5) is 0 Å². The van der Waals surface area contributed by atoms with Gasteiger partial charge in [-0.1, -0.05) is 13.8 Å². The van der Waals surface area contributed by atoms with Gasteiger partial charge in [-0.3, -0.25) is 9.59 Å². The molecule has 54 valence electrons. The average Bonchev–Trinajstić information content (AvgIpc) is 1.68. The van der Waals surface area contributed by atoms with Crippen LogP contribution in [0.25, 0.3) is 0 Å². The van der Waals surface area contributed by atoms with Gasteiger partial charge in [-0.15, -0.1) is 0 Å². The van der Waals surface area contributed by atoms with E-state index in [1.54, 1.807) is 0 Å². The van der Waals surface area contributed by atoms with E-state index in [1.807, 2.05) is 13.8 Å². The molecular weight excluding hydrogens is 120 g/mol. The first-order chi connectivity index (χ1) is 4.13. The Morgan fingerprint density at radius 1 is 1.00 bits per heavy atom. The molecule has 0 N–H and O–H groups in total. The topological polar surface area (TPSA) is 43.4 Å². The van der Waals surface area contributed by atoms with Crippen molar-refractivity contribution in [3.63, 3.8) is 0 Å². The fraction of sp³-hybridized carbons (Fsp3) is 0.667. The first-order valence-corrected chi connectivity index (χ1v) is 2.82. The molecule has 0 aliphatic rings. The van der Waals surface area contributed by atoms with Gasteiger partial charge in [0.1, 0.15) is 0 Å². The number of carbonyl (C=O) groups is 2.